The van der Waals surface area contributed by atoms with E-state index in [9.17, 15) is 0 Å². The summed E-state index contributed by atoms with van der Waals surface area (Å²) in [5.41, 5.74) is 0. The molecule has 1 heterocycles. The summed E-state index contributed by atoms with van der Waals surface area (Å²) in [6.07, 6.45) is 2.99. The van der Waals surface area contributed by atoms with Crippen molar-refractivity contribution in [2.45, 2.75) is 18.9 Å². The summed E-state index contributed by atoms with van der Waals surface area (Å²) in [7, 11) is 1.79. The Morgan fingerprint density at radius 1 is 1.67 bits per heavy atom. The highest BCUT2D eigenvalue weighted by Crippen LogP contribution is 2.14. The molecule has 0 aromatic rings. The van der Waals surface area contributed by atoms with E-state index >= 15 is 0 Å². The van der Waals surface area contributed by atoms with Gasteiger partial charge in [-0.15, -0.1) is 0 Å². The molecule has 54 valence electrons. The number of nitrogens with zero attached hydrogens (tertiary/aromatic N) is 1. The van der Waals surface area contributed by atoms with Gasteiger partial charge in [-0.1, -0.05) is 0 Å². The van der Waals surface area contributed by atoms with E-state index < -0.39 is 0 Å². The molecule has 1 aliphatic rings. The van der Waals surface area contributed by atoms with Crippen molar-refractivity contribution >= 4 is 22.9 Å². The number of methoxy groups -OCH3 is 1. The maximum atomic E-state index is 5.22. The van der Waals surface area contributed by atoms with Crippen LogP contribution in [0.25, 0.3) is 0 Å². The Labute approximate surface area is 70.0 Å². The smallest absolute Gasteiger partial charge is 0.0706 e. The summed E-state index contributed by atoms with van der Waals surface area (Å²) in [6, 6.07) is 0. The third-order valence-electron chi connectivity index (χ3n) is 1.66. The van der Waals surface area contributed by atoms with Crippen LogP contribution in [0.1, 0.15) is 12.8 Å². The van der Waals surface area contributed by atoms with Gasteiger partial charge in [0.05, 0.1) is 6.10 Å². The van der Waals surface area contributed by atoms with Crippen LogP contribution in [0.5, 0.6) is 0 Å². The molecular formula is C6H12INO. The SMILES string of the molecule is COC1CCCN(I)C1. The second-order valence-electron chi connectivity index (χ2n) is 2.37. The van der Waals surface area contributed by atoms with Gasteiger partial charge in [0, 0.05) is 43.1 Å². The summed E-state index contributed by atoms with van der Waals surface area (Å²) in [4.78, 5) is 0. The Hall–Kier alpha value is 0.650. The van der Waals surface area contributed by atoms with Crippen molar-refractivity contribution < 1.29 is 4.74 Å². The number of hydrogen-bond donors (Lipinski definition) is 0. The molecule has 0 spiro atoms. The molecule has 2 nitrogen and oxygen atoms in total. The summed E-state index contributed by atoms with van der Waals surface area (Å²) in [6.45, 7) is 2.32. The van der Waals surface area contributed by atoms with Gasteiger partial charge in [0.25, 0.3) is 0 Å². The van der Waals surface area contributed by atoms with Crippen LogP contribution in [0.3, 0.4) is 0 Å². The van der Waals surface area contributed by atoms with Crippen molar-refractivity contribution in [3.8, 4) is 0 Å². The Morgan fingerprint density at radius 3 is 2.89 bits per heavy atom. The zero-order valence-electron chi connectivity index (χ0n) is 5.64. The third-order valence-corrected chi connectivity index (χ3v) is 2.54. The van der Waals surface area contributed by atoms with Crippen molar-refractivity contribution in [2.24, 2.45) is 0 Å². The first-order chi connectivity index (χ1) is 4.33. The summed E-state index contributed by atoms with van der Waals surface area (Å²) >= 11 is 2.35. The minimum absolute atomic E-state index is 0.482. The predicted octanol–water partition coefficient (Wildman–Crippen LogP) is 1.45. The lowest BCUT2D eigenvalue weighted by Gasteiger charge is -2.26. The quantitative estimate of drug-likeness (QED) is 0.509. The summed E-state index contributed by atoms with van der Waals surface area (Å²) in [5, 5.41) is 0. The maximum absolute atomic E-state index is 5.22. The van der Waals surface area contributed by atoms with Gasteiger partial charge in [-0.05, 0) is 12.8 Å². The van der Waals surface area contributed by atoms with Crippen LogP contribution in [-0.2, 0) is 4.74 Å². The highest BCUT2D eigenvalue weighted by atomic mass is 127. The first-order valence-electron chi connectivity index (χ1n) is 3.26. The number of hydrogen-bond acceptors (Lipinski definition) is 2. The van der Waals surface area contributed by atoms with Crippen LogP contribution < -0.4 is 0 Å². The van der Waals surface area contributed by atoms with Crippen LogP contribution in [0, 0.1) is 0 Å². The lowest BCUT2D eigenvalue weighted by Crippen LogP contribution is -2.32. The van der Waals surface area contributed by atoms with Crippen LogP contribution in [0.2, 0.25) is 0 Å². The van der Waals surface area contributed by atoms with Gasteiger partial charge in [-0.2, -0.15) is 0 Å². The van der Waals surface area contributed by atoms with Gasteiger partial charge in [0.2, 0.25) is 0 Å². The normalized spacial score (nSPS) is 30.7. The first-order valence-corrected chi connectivity index (χ1v) is 4.23. The minimum atomic E-state index is 0.482. The van der Waals surface area contributed by atoms with Gasteiger partial charge in [-0.3, -0.25) is 0 Å². The molecule has 0 aromatic carbocycles. The lowest BCUT2D eigenvalue weighted by atomic mass is 10.1. The Kier molecular flexibility index (Phi) is 3.21. The predicted molar refractivity (Wildman–Crippen MR) is 45.6 cm³/mol. The number of piperidine rings is 1. The van der Waals surface area contributed by atoms with Crippen LogP contribution >= 0.6 is 22.9 Å². The minimum Gasteiger partial charge on any atom is -0.380 e. The second kappa shape index (κ2) is 3.73. The van der Waals surface area contributed by atoms with E-state index in [-0.39, 0.29) is 0 Å². The van der Waals surface area contributed by atoms with Gasteiger partial charge in [-0.25, -0.2) is 3.11 Å². The molecule has 0 N–H and O–H groups in total. The standard InChI is InChI=1S/C6H12INO/c1-9-6-3-2-4-8(7)5-6/h6H,2-5H2,1H3. The summed E-state index contributed by atoms with van der Waals surface area (Å²) < 4.78 is 7.50. The largest absolute Gasteiger partial charge is 0.380 e. The highest BCUT2D eigenvalue weighted by Gasteiger charge is 2.16. The monoisotopic (exact) mass is 241 g/mol. The lowest BCUT2D eigenvalue weighted by molar-refractivity contribution is 0.0643. The van der Waals surface area contributed by atoms with E-state index in [0.29, 0.717) is 6.10 Å². The number of ether oxygens (including phenoxy) is 1. The van der Waals surface area contributed by atoms with Crippen LogP contribution in [0.4, 0.5) is 0 Å². The summed E-state index contributed by atoms with van der Waals surface area (Å²) in [5.74, 6) is 0. The van der Waals surface area contributed by atoms with E-state index in [1.165, 1.54) is 19.4 Å². The zero-order chi connectivity index (χ0) is 6.69. The fraction of sp³-hybridized carbons (Fsp3) is 1.00. The van der Waals surface area contributed by atoms with E-state index in [1.807, 2.05) is 0 Å². The topological polar surface area (TPSA) is 12.5 Å². The maximum Gasteiger partial charge on any atom is 0.0706 e. The molecule has 0 amide bonds. The van der Waals surface area contributed by atoms with Crippen molar-refractivity contribution in [1.82, 2.24) is 3.11 Å². The number of halogens is 1. The molecule has 1 atom stereocenters. The van der Waals surface area contributed by atoms with Crippen molar-refractivity contribution in [1.29, 1.82) is 0 Å². The first kappa shape index (κ1) is 7.75. The fourth-order valence-corrected chi connectivity index (χ4v) is 1.87. The average molecular weight is 241 g/mol. The van der Waals surface area contributed by atoms with Crippen molar-refractivity contribution in [2.75, 3.05) is 20.2 Å². The molecule has 1 saturated heterocycles. The molecule has 3 heteroatoms. The molecule has 9 heavy (non-hydrogen) atoms. The Bertz CT molecular complexity index is 89.1. The third kappa shape index (κ3) is 2.39. The fourth-order valence-electron chi connectivity index (χ4n) is 1.09. The average Bonchev–Trinajstić information content (AvgIpc) is 1.88. The molecule has 0 radical (unpaired) electrons. The van der Waals surface area contributed by atoms with E-state index in [1.54, 1.807) is 7.11 Å². The molecule has 0 saturated carbocycles. The van der Waals surface area contributed by atoms with Gasteiger partial charge in [0.15, 0.2) is 0 Å². The van der Waals surface area contributed by atoms with Gasteiger partial charge in [0.1, 0.15) is 0 Å². The van der Waals surface area contributed by atoms with E-state index in [0.717, 1.165) is 6.54 Å². The van der Waals surface area contributed by atoms with Crippen LogP contribution in [-0.4, -0.2) is 29.4 Å². The molecule has 1 fully saturated rings. The number of rotatable bonds is 1. The second-order valence-corrected chi connectivity index (χ2v) is 3.73. The Balaban J connectivity index is 2.23. The molecule has 0 aliphatic carbocycles. The molecule has 1 unspecified atom stereocenters. The van der Waals surface area contributed by atoms with Crippen molar-refractivity contribution in [3.05, 3.63) is 0 Å². The molecular weight excluding hydrogens is 229 g/mol. The highest BCUT2D eigenvalue weighted by molar-refractivity contribution is 14.1. The zero-order valence-corrected chi connectivity index (χ0v) is 7.80. The van der Waals surface area contributed by atoms with Gasteiger partial charge < -0.3 is 4.74 Å². The van der Waals surface area contributed by atoms with E-state index in [2.05, 4.69) is 26.0 Å². The molecule has 1 aliphatic heterocycles. The Morgan fingerprint density at radius 2 is 2.44 bits per heavy atom. The van der Waals surface area contributed by atoms with Crippen LogP contribution in [0.15, 0.2) is 0 Å². The van der Waals surface area contributed by atoms with Gasteiger partial charge >= 0.3 is 0 Å². The molecule has 0 aromatic heterocycles. The van der Waals surface area contributed by atoms with Crippen molar-refractivity contribution in [3.63, 3.8) is 0 Å². The van der Waals surface area contributed by atoms with E-state index in [4.69, 9.17) is 4.74 Å². The molecule has 0 bridgehead atoms. The molecule has 1 rings (SSSR count).